The first kappa shape index (κ1) is 15.7. The first-order chi connectivity index (χ1) is 10.4. The maximum atomic E-state index is 12.5. The maximum absolute atomic E-state index is 12.5. The molecule has 7 nitrogen and oxygen atoms in total. The van der Waals surface area contributed by atoms with Gasteiger partial charge in [-0.25, -0.2) is 13.1 Å². The van der Waals surface area contributed by atoms with Crippen LogP contribution in [0.4, 0.5) is 5.69 Å². The van der Waals surface area contributed by atoms with Crippen molar-refractivity contribution in [3.63, 3.8) is 0 Å². The van der Waals surface area contributed by atoms with Crippen molar-refractivity contribution in [2.24, 2.45) is 5.92 Å². The van der Waals surface area contributed by atoms with E-state index >= 15 is 0 Å². The summed E-state index contributed by atoms with van der Waals surface area (Å²) in [5.41, 5.74) is -0.404. The van der Waals surface area contributed by atoms with Gasteiger partial charge < -0.3 is 4.90 Å². The summed E-state index contributed by atoms with van der Waals surface area (Å²) in [6, 6.07) is 3.40. The molecule has 22 heavy (non-hydrogen) atoms. The largest absolute Gasteiger partial charge is 0.302 e. The quantitative estimate of drug-likeness (QED) is 0.661. The molecule has 1 aromatic carbocycles. The Bertz CT molecular complexity index is 701. The van der Waals surface area contributed by atoms with Gasteiger partial charge in [0.1, 0.15) is 5.02 Å². The van der Waals surface area contributed by atoms with E-state index in [0.717, 1.165) is 32.0 Å². The highest BCUT2D eigenvalue weighted by molar-refractivity contribution is 7.89. The van der Waals surface area contributed by atoms with Gasteiger partial charge in [0.2, 0.25) is 10.0 Å². The number of nitrogens with one attached hydrogen (secondary N) is 1. The molecule has 3 aliphatic heterocycles. The van der Waals surface area contributed by atoms with Crippen molar-refractivity contribution >= 4 is 27.3 Å². The molecule has 3 aliphatic rings. The van der Waals surface area contributed by atoms with E-state index in [4.69, 9.17) is 11.6 Å². The van der Waals surface area contributed by atoms with Crippen molar-refractivity contribution in [1.29, 1.82) is 0 Å². The Hall–Kier alpha value is -1.22. The number of piperidine rings is 3. The van der Waals surface area contributed by atoms with Gasteiger partial charge in [0.05, 0.1) is 9.82 Å². The molecule has 0 saturated carbocycles. The summed E-state index contributed by atoms with van der Waals surface area (Å²) in [5.74, 6) is 0.335. The molecule has 1 unspecified atom stereocenters. The van der Waals surface area contributed by atoms with Crippen LogP contribution in [-0.2, 0) is 10.0 Å². The molecule has 0 aromatic heterocycles. The van der Waals surface area contributed by atoms with Crippen LogP contribution in [-0.4, -0.2) is 43.9 Å². The Balaban J connectivity index is 1.84. The van der Waals surface area contributed by atoms with E-state index in [-0.39, 0.29) is 16.0 Å². The molecule has 1 N–H and O–H groups in total. The number of rotatable bonds is 4. The molecular formula is C13H16ClN3O4S. The van der Waals surface area contributed by atoms with Gasteiger partial charge in [-0.1, -0.05) is 11.6 Å². The Morgan fingerprint density at radius 2 is 2.00 bits per heavy atom. The molecule has 1 atom stereocenters. The Morgan fingerprint density at radius 3 is 2.55 bits per heavy atom. The predicted molar refractivity (Wildman–Crippen MR) is 81.4 cm³/mol. The average Bonchev–Trinajstić information content (AvgIpc) is 2.48. The number of fused-ring (bicyclic) bond motifs is 3. The van der Waals surface area contributed by atoms with E-state index in [1.54, 1.807) is 0 Å². The summed E-state index contributed by atoms with van der Waals surface area (Å²) >= 11 is 5.72. The van der Waals surface area contributed by atoms with Gasteiger partial charge in [-0.2, -0.15) is 0 Å². The molecular weight excluding hydrogens is 330 g/mol. The second-order valence-corrected chi connectivity index (χ2v) is 7.86. The Labute approximate surface area is 133 Å². The van der Waals surface area contributed by atoms with E-state index in [2.05, 4.69) is 9.62 Å². The third kappa shape index (κ3) is 2.96. The highest BCUT2D eigenvalue weighted by atomic mass is 35.5. The SMILES string of the molecule is O=[N+]([O-])c1cc(S(=O)(=O)NC2CN3CCC2CC3)ccc1Cl. The lowest BCUT2D eigenvalue weighted by molar-refractivity contribution is -0.384. The van der Waals surface area contributed by atoms with Crippen molar-refractivity contribution in [3.05, 3.63) is 33.3 Å². The van der Waals surface area contributed by atoms with Crippen LogP contribution in [0.1, 0.15) is 12.8 Å². The number of nitro benzene ring substituents is 1. The third-order valence-electron chi connectivity index (χ3n) is 4.39. The van der Waals surface area contributed by atoms with Gasteiger partial charge in [-0.15, -0.1) is 0 Å². The minimum absolute atomic E-state index is 0.0771. The number of halogens is 1. The van der Waals surface area contributed by atoms with Crippen molar-refractivity contribution in [2.75, 3.05) is 19.6 Å². The maximum Gasteiger partial charge on any atom is 0.289 e. The lowest BCUT2D eigenvalue weighted by Gasteiger charge is -2.44. The van der Waals surface area contributed by atoms with Gasteiger partial charge in [-0.3, -0.25) is 10.1 Å². The molecule has 9 heteroatoms. The minimum Gasteiger partial charge on any atom is -0.302 e. The monoisotopic (exact) mass is 345 g/mol. The van der Waals surface area contributed by atoms with Crippen molar-refractivity contribution in [1.82, 2.24) is 9.62 Å². The Kier molecular flexibility index (Phi) is 4.11. The number of benzene rings is 1. The van der Waals surface area contributed by atoms with Gasteiger partial charge >= 0.3 is 0 Å². The van der Waals surface area contributed by atoms with Crippen LogP contribution in [0.5, 0.6) is 0 Å². The van der Waals surface area contributed by atoms with Gasteiger partial charge in [0.25, 0.3) is 5.69 Å². The zero-order valence-electron chi connectivity index (χ0n) is 11.7. The molecule has 1 aromatic rings. The lowest BCUT2D eigenvalue weighted by atomic mass is 9.85. The van der Waals surface area contributed by atoms with Crippen molar-refractivity contribution < 1.29 is 13.3 Å². The van der Waals surface area contributed by atoms with E-state index < -0.39 is 20.6 Å². The molecule has 3 fully saturated rings. The summed E-state index contributed by atoms with van der Waals surface area (Å²) in [6.07, 6.45) is 1.96. The van der Waals surface area contributed by atoms with E-state index in [0.29, 0.717) is 12.5 Å². The number of hydrogen-bond donors (Lipinski definition) is 1. The first-order valence-electron chi connectivity index (χ1n) is 7.05. The second-order valence-electron chi connectivity index (χ2n) is 5.74. The highest BCUT2D eigenvalue weighted by Gasteiger charge is 2.36. The highest BCUT2D eigenvalue weighted by Crippen LogP contribution is 2.30. The van der Waals surface area contributed by atoms with Crippen LogP contribution in [0.2, 0.25) is 5.02 Å². The summed E-state index contributed by atoms with van der Waals surface area (Å²) in [6.45, 7) is 2.71. The topological polar surface area (TPSA) is 92.5 Å². The third-order valence-corrected chi connectivity index (χ3v) is 6.19. The van der Waals surface area contributed by atoms with E-state index in [1.807, 2.05) is 0 Å². The summed E-state index contributed by atoms with van der Waals surface area (Å²) < 4.78 is 27.6. The molecule has 0 aliphatic carbocycles. The predicted octanol–water partition coefficient (Wildman–Crippen LogP) is 1.62. The van der Waals surface area contributed by atoms with E-state index in [1.165, 1.54) is 12.1 Å². The summed E-state index contributed by atoms with van der Waals surface area (Å²) in [5, 5.41) is 10.8. The minimum atomic E-state index is -3.79. The molecule has 0 radical (unpaired) electrons. The summed E-state index contributed by atoms with van der Waals surface area (Å²) in [7, 11) is -3.79. The van der Waals surface area contributed by atoms with Gasteiger partial charge in [-0.05, 0) is 44.0 Å². The molecule has 0 amide bonds. The molecule has 4 rings (SSSR count). The molecule has 0 spiro atoms. The first-order valence-corrected chi connectivity index (χ1v) is 8.91. The zero-order chi connectivity index (χ0) is 15.9. The Morgan fingerprint density at radius 1 is 1.32 bits per heavy atom. The van der Waals surface area contributed by atoms with Gasteiger partial charge in [0, 0.05) is 18.7 Å². The fraction of sp³-hybridized carbons (Fsp3) is 0.538. The van der Waals surface area contributed by atoms with Gasteiger partial charge in [0.15, 0.2) is 0 Å². The van der Waals surface area contributed by atoms with Crippen molar-refractivity contribution in [2.45, 2.75) is 23.8 Å². The summed E-state index contributed by atoms with van der Waals surface area (Å²) in [4.78, 5) is 12.3. The van der Waals surface area contributed by atoms with E-state index in [9.17, 15) is 18.5 Å². The fourth-order valence-electron chi connectivity index (χ4n) is 3.17. The van der Waals surface area contributed by atoms with Crippen molar-refractivity contribution in [3.8, 4) is 0 Å². The second kappa shape index (κ2) is 5.77. The number of nitro groups is 1. The molecule has 120 valence electrons. The van der Waals surface area contributed by atoms with Crippen LogP contribution in [0.3, 0.4) is 0 Å². The smallest absolute Gasteiger partial charge is 0.289 e. The average molecular weight is 346 g/mol. The molecule has 3 heterocycles. The fourth-order valence-corrected chi connectivity index (χ4v) is 4.67. The van der Waals surface area contributed by atoms with Crippen LogP contribution < -0.4 is 4.72 Å². The van der Waals surface area contributed by atoms with Crippen LogP contribution in [0, 0.1) is 16.0 Å². The van der Waals surface area contributed by atoms with Crippen LogP contribution >= 0.6 is 11.6 Å². The lowest BCUT2D eigenvalue weighted by Crippen LogP contribution is -2.57. The molecule has 2 bridgehead atoms. The zero-order valence-corrected chi connectivity index (χ0v) is 13.3. The number of nitrogens with zero attached hydrogens (tertiary/aromatic N) is 2. The van der Waals surface area contributed by atoms with Crippen LogP contribution in [0.25, 0.3) is 0 Å². The standard InChI is InChI=1S/C13H16ClN3O4S/c14-11-2-1-10(7-13(11)17(18)19)22(20,21)15-12-8-16-5-3-9(12)4-6-16/h1-2,7,9,12,15H,3-6,8H2. The molecule has 3 saturated heterocycles. The number of hydrogen-bond acceptors (Lipinski definition) is 5. The van der Waals surface area contributed by atoms with Crippen LogP contribution in [0.15, 0.2) is 23.1 Å². The number of sulfonamides is 1. The normalized spacial score (nSPS) is 27.8.